The summed E-state index contributed by atoms with van der Waals surface area (Å²) in [7, 11) is 0. The summed E-state index contributed by atoms with van der Waals surface area (Å²) >= 11 is 0. The van der Waals surface area contributed by atoms with Gasteiger partial charge in [0.1, 0.15) is 5.75 Å². The van der Waals surface area contributed by atoms with Gasteiger partial charge >= 0.3 is 0 Å². The van der Waals surface area contributed by atoms with Crippen molar-refractivity contribution in [3.63, 3.8) is 0 Å². The molecule has 2 heteroatoms. The van der Waals surface area contributed by atoms with E-state index in [4.69, 9.17) is 0 Å². The molecule has 0 saturated heterocycles. The van der Waals surface area contributed by atoms with Gasteiger partial charge in [0.2, 0.25) is 0 Å². The highest BCUT2D eigenvalue weighted by molar-refractivity contribution is 5.49. The number of aromatic hydroxyl groups is 1. The van der Waals surface area contributed by atoms with Gasteiger partial charge in [-0.1, -0.05) is 37.3 Å². The van der Waals surface area contributed by atoms with Gasteiger partial charge in [0.15, 0.2) is 0 Å². The number of hydrogen-bond acceptors (Lipinski definition) is 2. The lowest BCUT2D eigenvalue weighted by atomic mass is 10.0. The molecular weight excluding hydrogens is 222 g/mol. The maximum Gasteiger partial charge on any atom is 0.120 e. The summed E-state index contributed by atoms with van der Waals surface area (Å²) < 4.78 is 0. The van der Waals surface area contributed by atoms with Gasteiger partial charge in [0.25, 0.3) is 0 Å². The highest BCUT2D eigenvalue weighted by atomic mass is 16.3. The maximum absolute atomic E-state index is 9.90. The summed E-state index contributed by atoms with van der Waals surface area (Å²) in [4.78, 5) is 0. The summed E-state index contributed by atoms with van der Waals surface area (Å²) in [5.74, 6) is 0.351. The van der Waals surface area contributed by atoms with Crippen molar-refractivity contribution in [3.05, 3.63) is 59.7 Å². The Hall–Kier alpha value is -1.96. The number of rotatable bonds is 4. The molecule has 1 atom stereocenters. The molecule has 0 fully saturated rings. The Morgan fingerprint density at radius 1 is 1.11 bits per heavy atom. The molecular formula is C16H19NO. The van der Waals surface area contributed by atoms with Crippen LogP contribution in [0.1, 0.15) is 30.5 Å². The van der Waals surface area contributed by atoms with Crippen LogP contribution in [0.5, 0.6) is 5.75 Å². The Labute approximate surface area is 108 Å². The average Bonchev–Trinajstić information content (AvgIpc) is 2.37. The largest absolute Gasteiger partial charge is 0.508 e. The molecule has 1 unspecified atom stereocenters. The van der Waals surface area contributed by atoms with Crippen molar-refractivity contribution < 1.29 is 5.11 Å². The third kappa shape index (κ3) is 2.83. The van der Waals surface area contributed by atoms with E-state index in [2.05, 4.69) is 37.4 Å². The van der Waals surface area contributed by atoms with E-state index in [9.17, 15) is 5.11 Å². The predicted molar refractivity (Wildman–Crippen MR) is 75.9 cm³/mol. The summed E-state index contributed by atoms with van der Waals surface area (Å²) in [6.07, 6.45) is 0.922. The fraction of sp³-hybridized carbons (Fsp3) is 0.250. The Morgan fingerprint density at radius 2 is 1.89 bits per heavy atom. The van der Waals surface area contributed by atoms with E-state index in [0.29, 0.717) is 5.75 Å². The molecule has 0 radical (unpaired) electrons. The summed E-state index contributed by atoms with van der Waals surface area (Å²) in [5, 5.41) is 13.4. The van der Waals surface area contributed by atoms with E-state index >= 15 is 0 Å². The van der Waals surface area contributed by atoms with E-state index < -0.39 is 0 Å². The first kappa shape index (κ1) is 12.5. The van der Waals surface area contributed by atoms with Crippen LogP contribution in [0.2, 0.25) is 0 Å². The van der Waals surface area contributed by atoms with Crippen molar-refractivity contribution >= 4 is 5.69 Å². The normalized spacial score (nSPS) is 12.1. The minimum atomic E-state index is 0.132. The first-order valence-electron chi connectivity index (χ1n) is 6.32. The minimum Gasteiger partial charge on any atom is -0.508 e. The van der Waals surface area contributed by atoms with Crippen LogP contribution in [0.15, 0.2) is 48.5 Å². The highest BCUT2D eigenvalue weighted by Gasteiger charge is 2.12. The maximum atomic E-state index is 9.90. The molecule has 0 aliphatic heterocycles. The molecule has 0 aliphatic rings. The molecule has 2 nitrogen and oxygen atoms in total. The van der Waals surface area contributed by atoms with E-state index in [0.717, 1.165) is 17.7 Å². The van der Waals surface area contributed by atoms with Gasteiger partial charge in [0, 0.05) is 11.3 Å². The van der Waals surface area contributed by atoms with E-state index in [1.807, 2.05) is 24.3 Å². The predicted octanol–water partition coefficient (Wildman–Crippen LogP) is 4.26. The zero-order chi connectivity index (χ0) is 13.0. The van der Waals surface area contributed by atoms with Gasteiger partial charge in [-0.2, -0.15) is 0 Å². The van der Waals surface area contributed by atoms with Gasteiger partial charge in [-0.25, -0.2) is 0 Å². The second-order valence-corrected chi connectivity index (χ2v) is 4.53. The van der Waals surface area contributed by atoms with Crippen molar-refractivity contribution in [2.24, 2.45) is 0 Å². The van der Waals surface area contributed by atoms with Gasteiger partial charge in [-0.05, 0) is 37.1 Å². The molecule has 2 N–H and O–H groups in total. The number of para-hydroxylation sites is 1. The van der Waals surface area contributed by atoms with Gasteiger partial charge in [-0.3, -0.25) is 0 Å². The van der Waals surface area contributed by atoms with Crippen LogP contribution in [-0.2, 0) is 0 Å². The van der Waals surface area contributed by atoms with Crippen LogP contribution in [0.3, 0.4) is 0 Å². The molecule has 0 aliphatic carbocycles. The summed E-state index contributed by atoms with van der Waals surface area (Å²) in [6, 6.07) is 15.9. The zero-order valence-corrected chi connectivity index (χ0v) is 10.9. The van der Waals surface area contributed by atoms with Crippen molar-refractivity contribution in [1.82, 2.24) is 0 Å². The molecule has 2 rings (SSSR count). The molecule has 0 heterocycles. The number of phenolic OH excluding ortho intramolecular Hbond substituents is 1. The number of nitrogens with one attached hydrogen (secondary N) is 1. The first-order chi connectivity index (χ1) is 8.70. The SMILES string of the molecule is CCC(Nc1cccc(C)c1)c1ccccc1O. The van der Waals surface area contributed by atoms with Crippen LogP contribution >= 0.6 is 0 Å². The fourth-order valence-electron chi connectivity index (χ4n) is 2.12. The number of anilines is 1. The fourth-order valence-corrected chi connectivity index (χ4v) is 2.12. The molecule has 0 amide bonds. The lowest BCUT2D eigenvalue weighted by Crippen LogP contribution is -2.09. The molecule has 0 aromatic heterocycles. The number of aryl methyl sites for hydroxylation is 1. The van der Waals surface area contributed by atoms with Gasteiger partial charge < -0.3 is 10.4 Å². The first-order valence-corrected chi connectivity index (χ1v) is 6.32. The van der Waals surface area contributed by atoms with Crippen molar-refractivity contribution in [2.45, 2.75) is 26.3 Å². The quantitative estimate of drug-likeness (QED) is 0.838. The molecule has 2 aromatic carbocycles. The Kier molecular flexibility index (Phi) is 3.88. The zero-order valence-electron chi connectivity index (χ0n) is 10.9. The third-order valence-electron chi connectivity index (χ3n) is 3.08. The van der Waals surface area contributed by atoms with Crippen LogP contribution < -0.4 is 5.32 Å². The third-order valence-corrected chi connectivity index (χ3v) is 3.08. The molecule has 0 saturated carbocycles. The molecule has 0 spiro atoms. The van der Waals surface area contributed by atoms with E-state index in [1.165, 1.54) is 5.56 Å². The Bertz CT molecular complexity index is 522. The lowest BCUT2D eigenvalue weighted by Gasteiger charge is -2.20. The van der Waals surface area contributed by atoms with Crippen molar-refractivity contribution in [2.75, 3.05) is 5.32 Å². The van der Waals surface area contributed by atoms with Crippen LogP contribution in [0.4, 0.5) is 5.69 Å². The van der Waals surface area contributed by atoms with Crippen LogP contribution in [-0.4, -0.2) is 5.11 Å². The second kappa shape index (κ2) is 5.58. The van der Waals surface area contributed by atoms with Gasteiger partial charge in [-0.15, -0.1) is 0 Å². The number of hydrogen-bond donors (Lipinski definition) is 2. The number of phenols is 1. The summed E-state index contributed by atoms with van der Waals surface area (Å²) in [6.45, 7) is 4.19. The number of benzene rings is 2. The average molecular weight is 241 g/mol. The monoisotopic (exact) mass is 241 g/mol. The standard InChI is InChI=1S/C16H19NO/c1-3-15(14-9-4-5-10-16(14)18)17-13-8-6-7-12(2)11-13/h4-11,15,17-18H,3H2,1-2H3. The molecule has 0 bridgehead atoms. The highest BCUT2D eigenvalue weighted by Crippen LogP contribution is 2.29. The smallest absolute Gasteiger partial charge is 0.120 e. The molecule has 2 aromatic rings. The van der Waals surface area contributed by atoms with Gasteiger partial charge in [0.05, 0.1) is 6.04 Å². The summed E-state index contributed by atoms with van der Waals surface area (Å²) in [5.41, 5.74) is 3.26. The van der Waals surface area contributed by atoms with Crippen LogP contribution in [0, 0.1) is 6.92 Å². The van der Waals surface area contributed by atoms with Crippen molar-refractivity contribution in [1.29, 1.82) is 0 Å². The topological polar surface area (TPSA) is 32.3 Å². The lowest BCUT2D eigenvalue weighted by molar-refractivity contribution is 0.463. The second-order valence-electron chi connectivity index (χ2n) is 4.53. The molecule has 94 valence electrons. The molecule has 18 heavy (non-hydrogen) atoms. The minimum absolute atomic E-state index is 0.132. The van der Waals surface area contributed by atoms with E-state index in [1.54, 1.807) is 6.07 Å². The Balaban J connectivity index is 2.23. The van der Waals surface area contributed by atoms with Crippen LogP contribution in [0.25, 0.3) is 0 Å². The van der Waals surface area contributed by atoms with E-state index in [-0.39, 0.29) is 6.04 Å². The Morgan fingerprint density at radius 3 is 2.56 bits per heavy atom. The van der Waals surface area contributed by atoms with Crippen molar-refractivity contribution in [3.8, 4) is 5.75 Å².